The fourth-order valence-corrected chi connectivity index (χ4v) is 2.30. The van der Waals surface area contributed by atoms with Crippen LogP contribution in [0.5, 0.6) is 0 Å². The van der Waals surface area contributed by atoms with Gasteiger partial charge in [-0.15, -0.1) is 0 Å². The molecule has 0 saturated carbocycles. The summed E-state index contributed by atoms with van der Waals surface area (Å²) in [6.45, 7) is 1.56. The molecule has 0 spiro atoms. The van der Waals surface area contributed by atoms with E-state index < -0.39 is 17.5 Å². The van der Waals surface area contributed by atoms with Crippen LogP contribution in [0.2, 0.25) is 0 Å². The van der Waals surface area contributed by atoms with Crippen LogP contribution in [-0.4, -0.2) is 24.6 Å². The lowest BCUT2D eigenvalue weighted by Crippen LogP contribution is -2.46. The highest BCUT2D eigenvalue weighted by Crippen LogP contribution is 2.30. The molecule has 1 unspecified atom stereocenters. The first-order valence-electron chi connectivity index (χ1n) is 5.06. The van der Waals surface area contributed by atoms with E-state index in [0.29, 0.717) is 12.0 Å². The highest BCUT2D eigenvalue weighted by molar-refractivity contribution is 9.10. The molecule has 0 aliphatic carbocycles. The van der Waals surface area contributed by atoms with E-state index in [4.69, 9.17) is 4.74 Å². The summed E-state index contributed by atoms with van der Waals surface area (Å²) in [6.07, 6.45) is 0.320. The van der Waals surface area contributed by atoms with Gasteiger partial charge in [-0.25, -0.2) is 9.59 Å². The standard InChI is InChI=1S/C12H11BrO4/c1-12(11(15)16-2)6-7-5-8(13)3-4-9(7)10(14)17-12/h3-5H,6H2,1-2H3. The minimum Gasteiger partial charge on any atom is -0.466 e. The lowest BCUT2D eigenvalue weighted by Gasteiger charge is -2.31. The lowest BCUT2D eigenvalue weighted by atomic mass is 9.90. The maximum absolute atomic E-state index is 11.8. The summed E-state index contributed by atoms with van der Waals surface area (Å²) < 4.78 is 10.7. The molecule has 17 heavy (non-hydrogen) atoms. The predicted molar refractivity (Wildman–Crippen MR) is 63.7 cm³/mol. The molecule has 0 fully saturated rings. The number of hydrogen-bond acceptors (Lipinski definition) is 4. The Kier molecular flexibility index (Phi) is 2.95. The maximum atomic E-state index is 11.8. The first-order valence-corrected chi connectivity index (χ1v) is 5.86. The number of halogens is 1. The predicted octanol–water partition coefficient (Wildman–Crippen LogP) is 2.09. The van der Waals surface area contributed by atoms with Crippen molar-refractivity contribution in [2.75, 3.05) is 7.11 Å². The van der Waals surface area contributed by atoms with Gasteiger partial charge in [-0.2, -0.15) is 0 Å². The molecule has 0 aromatic heterocycles. The second kappa shape index (κ2) is 4.14. The van der Waals surface area contributed by atoms with E-state index in [1.54, 1.807) is 19.1 Å². The molecule has 0 radical (unpaired) electrons. The van der Waals surface area contributed by atoms with Crippen molar-refractivity contribution < 1.29 is 19.1 Å². The van der Waals surface area contributed by atoms with Gasteiger partial charge in [0.15, 0.2) is 0 Å². The van der Waals surface area contributed by atoms with Crippen molar-refractivity contribution in [2.45, 2.75) is 18.9 Å². The number of hydrogen-bond donors (Lipinski definition) is 0. The van der Waals surface area contributed by atoms with Crippen molar-refractivity contribution in [3.05, 3.63) is 33.8 Å². The lowest BCUT2D eigenvalue weighted by molar-refractivity contribution is -0.161. The van der Waals surface area contributed by atoms with Crippen LogP contribution in [0.15, 0.2) is 22.7 Å². The summed E-state index contributed by atoms with van der Waals surface area (Å²) in [5.41, 5.74) is 0.0395. The van der Waals surface area contributed by atoms with Gasteiger partial charge in [0.05, 0.1) is 12.7 Å². The van der Waals surface area contributed by atoms with Crippen LogP contribution in [0, 0.1) is 0 Å². The molecule has 0 bridgehead atoms. The molecule has 2 rings (SSSR count). The van der Waals surface area contributed by atoms with Gasteiger partial charge in [-0.05, 0) is 30.7 Å². The number of methoxy groups -OCH3 is 1. The Morgan fingerprint density at radius 2 is 2.24 bits per heavy atom. The summed E-state index contributed by atoms with van der Waals surface area (Å²) in [6, 6.07) is 5.26. The number of carbonyl (C=O) groups is 2. The largest absolute Gasteiger partial charge is 0.466 e. The van der Waals surface area contributed by atoms with Crippen molar-refractivity contribution in [2.24, 2.45) is 0 Å². The molecule has 1 atom stereocenters. The summed E-state index contributed by atoms with van der Waals surface area (Å²) in [4.78, 5) is 23.4. The first-order chi connectivity index (χ1) is 7.96. The van der Waals surface area contributed by atoms with Crippen LogP contribution in [0.25, 0.3) is 0 Å². The number of ether oxygens (including phenoxy) is 2. The zero-order valence-electron chi connectivity index (χ0n) is 9.45. The van der Waals surface area contributed by atoms with Gasteiger partial charge < -0.3 is 9.47 Å². The Hall–Kier alpha value is -1.36. The summed E-state index contributed by atoms with van der Waals surface area (Å²) in [5, 5.41) is 0. The fraction of sp³-hybridized carbons (Fsp3) is 0.333. The Morgan fingerprint density at radius 1 is 1.53 bits per heavy atom. The van der Waals surface area contributed by atoms with Crippen molar-refractivity contribution in [1.82, 2.24) is 0 Å². The number of cyclic esters (lactones) is 1. The minimum atomic E-state index is -1.24. The Bertz CT molecular complexity index is 497. The third-order valence-electron chi connectivity index (χ3n) is 2.75. The normalized spacial score (nSPS) is 22.6. The monoisotopic (exact) mass is 298 g/mol. The first kappa shape index (κ1) is 12.1. The molecule has 0 saturated heterocycles. The highest BCUT2D eigenvalue weighted by atomic mass is 79.9. The topological polar surface area (TPSA) is 52.6 Å². The van der Waals surface area contributed by atoms with Gasteiger partial charge in [-0.3, -0.25) is 0 Å². The van der Waals surface area contributed by atoms with Gasteiger partial charge >= 0.3 is 11.9 Å². The van der Waals surface area contributed by atoms with Crippen molar-refractivity contribution in [1.29, 1.82) is 0 Å². The van der Waals surface area contributed by atoms with E-state index in [0.717, 1.165) is 10.0 Å². The smallest absolute Gasteiger partial charge is 0.350 e. The summed E-state index contributed by atoms with van der Waals surface area (Å²) in [5.74, 6) is -1.04. The molecule has 1 aromatic carbocycles. The van der Waals surface area contributed by atoms with Crippen LogP contribution < -0.4 is 0 Å². The second-order valence-electron chi connectivity index (χ2n) is 4.09. The molecule has 0 N–H and O–H groups in total. The number of rotatable bonds is 1. The molecule has 1 heterocycles. The zero-order valence-corrected chi connectivity index (χ0v) is 11.0. The van der Waals surface area contributed by atoms with Crippen molar-refractivity contribution >= 4 is 27.9 Å². The molecule has 1 aromatic rings. The van der Waals surface area contributed by atoms with E-state index in [1.807, 2.05) is 6.07 Å². The van der Waals surface area contributed by atoms with E-state index in [2.05, 4.69) is 20.7 Å². The number of carbonyl (C=O) groups excluding carboxylic acids is 2. The van der Waals surface area contributed by atoms with Gasteiger partial charge in [0.25, 0.3) is 0 Å². The van der Waals surface area contributed by atoms with E-state index in [-0.39, 0.29) is 0 Å². The minimum absolute atomic E-state index is 0.320. The van der Waals surface area contributed by atoms with Crippen LogP contribution in [-0.2, 0) is 20.7 Å². The summed E-state index contributed by atoms with van der Waals surface area (Å²) in [7, 11) is 1.28. The second-order valence-corrected chi connectivity index (χ2v) is 5.01. The third-order valence-corrected chi connectivity index (χ3v) is 3.24. The molecule has 1 aliphatic rings. The molecule has 90 valence electrons. The van der Waals surface area contributed by atoms with Gasteiger partial charge in [0, 0.05) is 10.9 Å². The van der Waals surface area contributed by atoms with E-state index >= 15 is 0 Å². The molecular formula is C12H11BrO4. The van der Waals surface area contributed by atoms with Crippen LogP contribution in [0.3, 0.4) is 0 Å². The SMILES string of the molecule is COC(=O)C1(C)Cc2cc(Br)ccc2C(=O)O1. The molecule has 4 nitrogen and oxygen atoms in total. The quantitative estimate of drug-likeness (QED) is 0.745. The molecule has 5 heteroatoms. The van der Waals surface area contributed by atoms with Gasteiger partial charge in [0.1, 0.15) is 0 Å². The van der Waals surface area contributed by atoms with Crippen molar-refractivity contribution in [3.63, 3.8) is 0 Å². The average molecular weight is 299 g/mol. The molecule has 1 aliphatic heterocycles. The number of fused-ring (bicyclic) bond motifs is 1. The van der Waals surface area contributed by atoms with E-state index in [9.17, 15) is 9.59 Å². The fourth-order valence-electron chi connectivity index (χ4n) is 1.90. The molecule has 0 amide bonds. The zero-order chi connectivity index (χ0) is 12.6. The van der Waals surface area contributed by atoms with Crippen LogP contribution >= 0.6 is 15.9 Å². The number of esters is 2. The molecular weight excluding hydrogens is 288 g/mol. The average Bonchev–Trinajstić information content (AvgIpc) is 2.26. The van der Waals surface area contributed by atoms with Gasteiger partial charge in [0.2, 0.25) is 5.60 Å². The Morgan fingerprint density at radius 3 is 2.88 bits per heavy atom. The third kappa shape index (κ3) is 2.07. The maximum Gasteiger partial charge on any atom is 0.350 e. The highest BCUT2D eigenvalue weighted by Gasteiger charge is 2.43. The van der Waals surface area contributed by atoms with Gasteiger partial charge in [-0.1, -0.05) is 15.9 Å². The Balaban J connectivity index is 2.45. The van der Waals surface area contributed by atoms with Crippen LogP contribution in [0.4, 0.5) is 0 Å². The number of benzene rings is 1. The Labute approximate surface area is 107 Å². The van der Waals surface area contributed by atoms with Crippen molar-refractivity contribution in [3.8, 4) is 0 Å². The van der Waals surface area contributed by atoms with Crippen LogP contribution in [0.1, 0.15) is 22.8 Å². The summed E-state index contributed by atoms with van der Waals surface area (Å²) >= 11 is 3.33. The van der Waals surface area contributed by atoms with E-state index in [1.165, 1.54) is 7.11 Å².